The minimum Gasteiger partial charge on any atom is -0.0769 e. The molecule has 3 aliphatic rings. The predicted octanol–water partition coefficient (Wildman–Crippen LogP) is 2.87. The normalized spacial score (nSPS) is 45.7. The van der Waals surface area contributed by atoms with Gasteiger partial charge in [0.05, 0.1) is 0 Å². The summed E-state index contributed by atoms with van der Waals surface area (Å²) in [5, 5.41) is 0. The first-order chi connectivity index (χ1) is 6.45. The topological polar surface area (TPSA) is 0 Å². The fourth-order valence-corrected chi connectivity index (χ4v) is 4.67. The summed E-state index contributed by atoms with van der Waals surface area (Å²) in [6, 6.07) is 0. The summed E-state index contributed by atoms with van der Waals surface area (Å²) in [4.78, 5) is 0. The van der Waals surface area contributed by atoms with Crippen molar-refractivity contribution in [1.29, 1.82) is 0 Å². The summed E-state index contributed by atoms with van der Waals surface area (Å²) >= 11 is 0. The molecule has 0 aromatic heterocycles. The van der Waals surface area contributed by atoms with Crippen LogP contribution in [-0.4, -0.2) is 26.1 Å². The van der Waals surface area contributed by atoms with Gasteiger partial charge in [-0.05, 0) is 17.8 Å². The third-order valence-corrected chi connectivity index (χ3v) is 5.08. The second kappa shape index (κ2) is 4.67. The molecule has 0 bridgehead atoms. The third-order valence-electron chi connectivity index (χ3n) is 5.08. The molecule has 3 rings (SSSR count). The van der Waals surface area contributed by atoms with Gasteiger partial charge < -0.3 is 0 Å². The molecule has 1 radical (unpaired) electrons. The van der Waals surface area contributed by atoms with Crippen LogP contribution in [-0.2, 0) is 0 Å². The van der Waals surface area contributed by atoms with Crippen LogP contribution in [0.5, 0.6) is 0 Å². The molecule has 4 unspecified atom stereocenters. The molecule has 1 heterocycles. The fourth-order valence-electron chi connectivity index (χ4n) is 4.67. The van der Waals surface area contributed by atoms with E-state index in [1.807, 2.05) is 0 Å². The zero-order chi connectivity index (χ0) is 8.67. The van der Waals surface area contributed by atoms with Crippen LogP contribution < -0.4 is 0 Å². The van der Waals surface area contributed by atoms with E-state index in [1.54, 1.807) is 58.5 Å². The van der Waals surface area contributed by atoms with Gasteiger partial charge in [-0.3, -0.25) is 0 Å². The standard InChI is InChI=1S/C12H21B.Li/c1-3-9-5-2-6-11-12(9)10(4-1)7-8-13-11;/h9-13H,1-8H2;. The van der Waals surface area contributed by atoms with Crippen LogP contribution in [0.4, 0.5) is 0 Å². The predicted molar refractivity (Wildman–Crippen MR) is 64.2 cm³/mol. The van der Waals surface area contributed by atoms with E-state index in [0.29, 0.717) is 0 Å². The van der Waals surface area contributed by atoms with Crippen LogP contribution in [0.1, 0.15) is 44.9 Å². The summed E-state index contributed by atoms with van der Waals surface area (Å²) < 4.78 is 0. The van der Waals surface area contributed by atoms with Crippen LogP contribution in [0.2, 0.25) is 12.1 Å². The van der Waals surface area contributed by atoms with Crippen molar-refractivity contribution in [2.24, 2.45) is 17.8 Å². The summed E-state index contributed by atoms with van der Waals surface area (Å²) in [5.74, 6) is 4.68. The minimum atomic E-state index is 0. The van der Waals surface area contributed by atoms with E-state index < -0.39 is 0 Å². The molecule has 14 heavy (non-hydrogen) atoms. The molecule has 2 heteroatoms. The molecule has 4 atom stereocenters. The van der Waals surface area contributed by atoms with Crippen molar-refractivity contribution in [3.63, 3.8) is 0 Å². The van der Waals surface area contributed by atoms with Crippen LogP contribution >= 0.6 is 0 Å². The number of hydrogen-bond acceptors (Lipinski definition) is 0. The van der Waals surface area contributed by atoms with Crippen LogP contribution in [0.3, 0.4) is 0 Å². The van der Waals surface area contributed by atoms with E-state index >= 15 is 0 Å². The second-order valence-corrected chi connectivity index (χ2v) is 5.65. The van der Waals surface area contributed by atoms with Crippen molar-refractivity contribution in [2.45, 2.75) is 57.1 Å². The molecule has 2 saturated carbocycles. The summed E-state index contributed by atoms with van der Waals surface area (Å²) in [6.07, 6.45) is 12.6. The Kier molecular flexibility index (Phi) is 3.72. The van der Waals surface area contributed by atoms with Gasteiger partial charge in [0.1, 0.15) is 7.28 Å². The Morgan fingerprint density at radius 1 is 0.786 bits per heavy atom. The third kappa shape index (κ3) is 1.83. The molecule has 1 aliphatic heterocycles. The van der Waals surface area contributed by atoms with Crippen molar-refractivity contribution in [3.8, 4) is 0 Å². The first kappa shape index (κ1) is 11.2. The van der Waals surface area contributed by atoms with Crippen molar-refractivity contribution in [1.82, 2.24) is 0 Å². The maximum absolute atomic E-state index is 1.58. The van der Waals surface area contributed by atoms with Crippen molar-refractivity contribution < 1.29 is 0 Å². The van der Waals surface area contributed by atoms with Crippen LogP contribution in [0, 0.1) is 17.8 Å². The molecule has 0 amide bonds. The van der Waals surface area contributed by atoms with Crippen LogP contribution in [0.25, 0.3) is 0 Å². The quantitative estimate of drug-likeness (QED) is 0.506. The van der Waals surface area contributed by atoms with Crippen molar-refractivity contribution in [2.75, 3.05) is 0 Å². The Bertz CT molecular complexity index is 149. The summed E-state index contributed by atoms with van der Waals surface area (Å²) in [7, 11) is 1.58. The van der Waals surface area contributed by atoms with E-state index in [9.17, 15) is 0 Å². The van der Waals surface area contributed by atoms with E-state index in [4.69, 9.17) is 0 Å². The Hall–Kier alpha value is 0.662. The fraction of sp³-hybridized carbons (Fsp3) is 1.00. The van der Waals surface area contributed by atoms with Gasteiger partial charge in [0.15, 0.2) is 0 Å². The minimum absolute atomic E-state index is 0. The van der Waals surface area contributed by atoms with Gasteiger partial charge in [0.25, 0.3) is 0 Å². The van der Waals surface area contributed by atoms with Gasteiger partial charge in [-0.25, -0.2) is 0 Å². The molecule has 0 aromatic rings. The molecular formula is C12H21BLi. The number of rotatable bonds is 0. The SMILES string of the molecule is B1CCC2CCCC3CCCC1C23.[Li]. The van der Waals surface area contributed by atoms with E-state index in [-0.39, 0.29) is 18.9 Å². The molecule has 0 spiro atoms. The van der Waals surface area contributed by atoms with E-state index in [0.717, 1.165) is 17.7 Å². The molecule has 0 nitrogen and oxygen atoms in total. The first-order valence-corrected chi connectivity index (χ1v) is 6.45. The monoisotopic (exact) mass is 183 g/mol. The van der Waals surface area contributed by atoms with Crippen LogP contribution in [0.15, 0.2) is 0 Å². The molecule has 3 fully saturated rings. The van der Waals surface area contributed by atoms with Gasteiger partial charge in [0, 0.05) is 18.9 Å². The van der Waals surface area contributed by atoms with Gasteiger partial charge in [0.2, 0.25) is 0 Å². The Morgan fingerprint density at radius 3 is 2.21 bits per heavy atom. The molecule has 0 N–H and O–H groups in total. The average molecular weight is 183 g/mol. The Balaban J connectivity index is 0.000000750. The van der Waals surface area contributed by atoms with Gasteiger partial charge >= 0.3 is 0 Å². The largest absolute Gasteiger partial charge is 0.124 e. The van der Waals surface area contributed by atoms with E-state index in [1.165, 1.54) is 5.92 Å². The van der Waals surface area contributed by atoms with E-state index in [2.05, 4.69) is 0 Å². The van der Waals surface area contributed by atoms with Crippen molar-refractivity contribution in [3.05, 3.63) is 0 Å². The van der Waals surface area contributed by atoms with Gasteiger partial charge in [-0.2, -0.15) is 0 Å². The van der Waals surface area contributed by atoms with Gasteiger partial charge in [-0.1, -0.05) is 57.1 Å². The summed E-state index contributed by atoms with van der Waals surface area (Å²) in [5.41, 5.74) is 0. The average Bonchev–Trinajstić information content (AvgIpc) is 2.19. The zero-order valence-corrected chi connectivity index (χ0v) is 9.67. The Morgan fingerprint density at radius 2 is 1.43 bits per heavy atom. The summed E-state index contributed by atoms with van der Waals surface area (Å²) in [6.45, 7) is 0. The van der Waals surface area contributed by atoms with Gasteiger partial charge in [-0.15, -0.1) is 0 Å². The molecule has 0 aromatic carbocycles. The molecule has 73 valence electrons. The Labute approximate surface area is 101 Å². The zero-order valence-electron chi connectivity index (χ0n) is 9.67. The first-order valence-electron chi connectivity index (χ1n) is 6.45. The molecule has 2 aliphatic carbocycles. The maximum Gasteiger partial charge on any atom is 0.124 e. The molecular weight excluding hydrogens is 162 g/mol. The smallest absolute Gasteiger partial charge is 0.0769 e. The number of hydrogen-bond donors (Lipinski definition) is 0. The van der Waals surface area contributed by atoms with Crippen molar-refractivity contribution >= 4 is 26.1 Å². The second-order valence-electron chi connectivity index (χ2n) is 5.65. The maximum atomic E-state index is 1.58. The molecule has 1 saturated heterocycles.